The Balaban J connectivity index is 4.87. The lowest BCUT2D eigenvalue weighted by Crippen LogP contribution is -2.35. The Kier molecular flexibility index (Phi) is 8.35. The average Bonchev–Trinajstić information content (AvgIpc) is 2.38. The van der Waals surface area contributed by atoms with Crippen molar-refractivity contribution >= 4 is 8.53 Å². The van der Waals surface area contributed by atoms with Crippen LogP contribution in [0.3, 0.4) is 0 Å². The minimum atomic E-state index is -1.41. The number of nitrogens with zero attached hydrogens (tertiary/aromatic N) is 2. The maximum atomic E-state index is 6.82. The van der Waals surface area contributed by atoms with E-state index in [9.17, 15) is 0 Å². The molecule has 0 bridgehead atoms. The van der Waals surface area contributed by atoms with Gasteiger partial charge in [0.05, 0.1) is 13.2 Å². The molecule has 1 atom stereocenters. The summed E-state index contributed by atoms with van der Waals surface area (Å²) >= 11 is 0. The third kappa shape index (κ3) is 7.17. The molecule has 0 heterocycles. The van der Waals surface area contributed by atoms with Gasteiger partial charge in [0.1, 0.15) is 12.7 Å². The molecule has 0 radical (unpaired) electrons. The van der Waals surface area contributed by atoms with E-state index in [1.54, 1.807) is 0 Å². The van der Waals surface area contributed by atoms with Crippen molar-refractivity contribution in [3.8, 4) is 0 Å². The normalized spacial score (nSPS) is 14.9. The van der Waals surface area contributed by atoms with E-state index in [1.807, 2.05) is 27.7 Å². The number of hydrogen-bond donors (Lipinski definition) is 2. The Bertz CT molecular complexity index is 291. The summed E-state index contributed by atoms with van der Waals surface area (Å²) in [5, 5.41) is 8.67. The topological polar surface area (TPSA) is 66.5 Å². The second-order valence-corrected chi connectivity index (χ2v) is 5.99. The zero-order valence-corrected chi connectivity index (χ0v) is 12.9. The molecule has 0 aromatic heterocycles. The fraction of sp³-hybridized carbons (Fsp3) is 0.917. The fourth-order valence-corrected chi connectivity index (χ4v) is 3.20. The van der Waals surface area contributed by atoms with E-state index in [-0.39, 0.29) is 38.4 Å². The molecule has 19 heavy (non-hydrogen) atoms. The van der Waals surface area contributed by atoms with Crippen LogP contribution in [0.1, 0.15) is 27.7 Å². The minimum absolute atomic E-state index is 0.00603. The molecule has 0 aromatic carbocycles. The van der Waals surface area contributed by atoms with Gasteiger partial charge in [-0.2, -0.15) is 0 Å². The Morgan fingerprint density at radius 1 is 1.26 bits per heavy atom. The average molecular weight is 294 g/mol. The molecule has 112 valence electrons. The van der Waals surface area contributed by atoms with Crippen LogP contribution in [0, 0.1) is 6.57 Å². The van der Waals surface area contributed by atoms with E-state index in [0.717, 1.165) is 0 Å². The zero-order chi connectivity index (χ0) is 16.3. The summed E-state index contributed by atoms with van der Waals surface area (Å²) in [6.07, 6.45) is -0.556. The predicted octanol–water partition coefficient (Wildman–Crippen LogP) is 1.64. The van der Waals surface area contributed by atoms with E-state index in [4.69, 9.17) is 18.5 Å². The quantitative estimate of drug-likeness (QED) is 0.325. The molecule has 0 amide bonds. The third-order valence-corrected chi connectivity index (χ3v) is 4.45. The number of aliphatic hydroxyl groups is 2. The summed E-state index contributed by atoms with van der Waals surface area (Å²) in [4.78, 5) is 3.26. The molecule has 2 N–H and O–H groups in total. The summed E-state index contributed by atoms with van der Waals surface area (Å²) in [6.45, 7) is 15.5. The third-order valence-electron chi connectivity index (χ3n) is 2.26. The first kappa shape index (κ1) is 15.1. The lowest BCUT2D eigenvalue weighted by atomic mass is 10.3. The molecule has 0 saturated carbocycles. The molecule has 0 aliphatic carbocycles. The highest BCUT2D eigenvalue weighted by Gasteiger charge is 2.29. The predicted molar refractivity (Wildman–Crippen MR) is 75.5 cm³/mol. The summed E-state index contributed by atoms with van der Waals surface area (Å²) in [7, 11) is -1.41. The summed E-state index contributed by atoms with van der Waals surface area (Å²) < 4.78 is 27.3. The highest BCUT2D eigenvalue weighted by atomic mass is 31.2. The standard InChI is InChI=1S/C12H25N2O4P/c1-10(2)14(11(3)4)19(17-7-6-13-5)18-12(8-15)9-16/h10-12,15-16H,6-9H2,1-4H3/i15D,16D. The first-order chi connectivity index (χ1) is 9.97. The number of hydrogen-bond acceptors (Lipinski definition) is 5. The van der Waals surface area contributed by atoms with Gasteiger partial charge in [-0.25, -0.2) is 11.2 Å². The molecule has 0 aliphatic heterocycles. The molecule has 0 spiro atoms. The van der Waals surface area contributed by atoms with Crippen molar-refractivity contribution in [2.24, 2.45) is 0 Å². The highest BCUT2D eigenvalue weighted by Crippen LogP contribution is 2.46. The summed E-state index contributed by atoms with van der Waals surface area (Å²) in [5.74, 6) is 0. The van der Waals surface area contributed by atoms with Crippen molar-refractivity contribution < 1.29 is 19.3 Å². The van der Waals surface area contributed by atoms with Crippen LogP contribution in [-0.4, -0.2) is 62.3 Å². The smallest absolute Gasteiger partial charge is 0.259 e. The summed E-state index contributed by atoms with van der Waals surface area (Å²) in [6, 6.07) is 0.386. The van der Waals surface area contributed by atoms with Crippen LogP contribution in [0.4, 0.5) is 0 Å². The van der Waals surface area contributed by atoms with Gasteiger partial charge in [0.25, 0.3) is 8.53 Å². The molecule has 0 aliphatic rings. The van der Waals surface area contributed by atoms with Gasteiger partial charge in [0.15, 0.2) is 0 Å². The largest absolute Gasteiger partial charge is 0.394 e. The molecular weight excluding hydrogens is 267 g/mol. The van der Waals surface area contributed by atoms with Crippen molar-refractivity contribution in [1.82, 2.24) is 4.67 Å². The van der Waals surface area contributed by atoms with Gasteiger partial charge >= 0.3 is 0 Å². The number of aliphatic hydroxyl groups excluding tert-OH is 2. The van der Waals surface area contributed by atoms with Gasteiger partial charge in [-0.3, -0.25) is 0 Å². The van der Waals surface area contributed by atoms with Crippen LogP contribution in [0.25, 0.3) is 4.85 Å². The van der Waals surface area contributed by atoms with Crippen molar-refractivity contribution in [1.29, 1.82) is 2.86 Å². The van der Waals surface area contributed by atoms with Crippen LogP contribution < -0.4 is 0 Å². The monoisotopic (exact) mass is 294 g/mol. The van der Waals surface area contributed by atoms with Crippen LogP contribution in [-0.2, 0) is 9.05 Å². The molecular formula is C12H25N2O4P. The Morgan fingerprint density at radius 2 is 1.84 bits per heavy atom. The molecule has 7 heteroatoms. The lowest BCUT2D eigenvalue weighted by Gasteiger charge is -2.36. The number of rotatable bonds is 12. The summed E-state index contributed by atoms with van der Waals surface area (Å²) in [5.41, 5.74) is 0. The Morgan fingerprint density at radius 3 is 2.26 bits per heavy atom. The van der Waals surface area contributed by atoms with Gasteiger partial charge < -0.3 is 24.1 Å². The Labute approximate surface area is 120 Å². The van der Waals surface area contributed by atoms with Gasteiger partial charge in [-0.15, -0.1) is 0 Å². The highest BCUT2D eigenvalue weighted by molar-refractivity contribution is 7.44. The second kappa shape index (κ2) is 10.5. The molecule has 1 unspecified atom stereocenters. The van der Waals surface area contributed by atoms with Gasteiger partial charge in [0, 0.05) is 12.1 Å². The molecule has 6 nitrogen and oxygen atoms in total. The molecule has 0 saturated heterocycles. The Hall–Kier alpha value is -0.280. The van der Waals surface area contributed by atoms with Crippen molar-refractivity contribution in [2.45, 2.75) is 45.9 Å². The van der Waals surface area contributed by atoms with Crippen LogP contribution in [0.5, 0.6) is 0 Å². The van der Waals surface area contributed by atoms with Gasteiger partial charge in [-0.1, -0.05) is 0 Å². The van der Waals surface area contributed by atoms with E-state index < -0.39 is 14.6 Å². The first-order valence-electron chi connectivity index (χ1n) is 7.17. The van der Waals surface area contributed by atoms with Crippen molar-refractivity contribution in [2.75, 3.05) is 26.4 Å². The van der Waals surface area contributed by atoms with E-state index in [0.29, 0.717) is 0 Å². The zero-order valence-electron chi connectivity index (χ0n) is 14.0. The van der Waals surface area contributed by atoms with Crippen molar-refractivity contribution in [3.63, 3.8) is 0 Å². The maximum absolute atomic E-state index is 6.82. The van der Waals surface area contributed by atoms with Crippen LogP contribution in [0.2, 0.25) is 0 Å². The van der Waals surface area contributed by atoms with Gasteiger partial charge in [0.2, 0.25) is 9.41 Å². The molecule has 0 rings (SSSR count). The van der Waals surface area contributed by atoms with Gasteiger partial charge in [-0.05, 0) is 27.7 Å². The minimum Gasteiger partial charge on any atom is -0.394 e. The first-order valence-corrected chi connectivity index (χ1v) is 7.48. The van der Waals surface area contributed by atoms with E-state index >= 15 is 0 Å². The van der Waals surface area contributed by atoms with Crippen LogP contribution in [0.15, 0.2) is 0 Å². The maximum Gasteiger partial charge on any atom is 0.259 e. The molecule has 0 fully saturated rings. The molecule has 0 aromatic rings. The van der Waals surface area contributed by atoms with Crippen LogP contribution >= 0.6 is 8.53 Å². The fourth-order valence-electron chi connectivity index (χ4n) is 1.53. The second-order valence-electron chi connectivity index (χ2n) is 4.58. The van der Waals surface area contributed by atoms with E-state index in [1.165, 1.54) is 0 Å². The van der Waals surface area contributed by atoms with E-state index in [2.05, 4.69) is 19.7 Å². The lowest BCUT2D eigenvalue weighted by molar-refractivity contribution is 0.0455. The SMILES string of the molecule is [2H]OCC(CO[2H])OP(OCC[N+]#[C-])N(C(C)C)C(C)C. The van der Waals surface area contributed by atoms with Crippen molar-refractivity contribution in [3.05, 3.63) is 11.4 Å².